The number of piperidine rings is 2. The number of allylic oxidation sites excluding steroid dienone is 2. The molecule has 7 rings (SSSR count). The summed E-state index contributed by atoms with van der Waals surface area (Å²) in [5, 5.41) is 0. The lowest BCUT2D eigenvalue weighted by Gasteiger charge is -2.53. The smallest absolute Gasteiger partial charge is 0.457 e. The lowest BCUT2D eigenvalue weighted by molar-refractivity contribution is -0.875. The Kier molecular flexibility index (Phi) is 10.5. The maximum absolute atomic E-state index is 14.3. The van der Waals surface area contributed by atoms with Crippen LogP contribution in [0.5, 0.6) is 11.5 Å². The van der Waals surface area contributed by atoms with Gasteiger partial charge in [-0.2, -0.15) is 17.9 Å². The molecule has 15 heteroatoms. The van der Waals surface area contributed by atoms with Gasteiger partial charge in [0.1, 0.15) is 39.1 Å². The Balaban J connectivity index is 1.12. The Morgan fingerprint density at radius 3 is 1.75 bits per heavy atom. The summed E-state index contributed by atoms with van der Waals surface area (Å²) in [7, 11) is -7.52. The van der Waals surface area contributed by atoms with E-state index in [9.17, 15) is 21.6 Å². The Labute approximate surface area is 324 Å². The summed E-state index contributed by atoms with van der Waals surface area (Å²) in [6, 6.07) is 21.7. The molecule has 4 aliphatic rings. The molecule has 3 aromatic rings. The number of quaternary nitrogens is 1. The predicted molar refractivity (Wildman–Crippen MR) is 204 cm³/mol. The van der Waals surface area contributed by atoms with E-state index in [0.717, 1.165) is 15.7 Å². The van der Waals surface area contributed by atoms with E-state index < -0.39 is 23.3 Å². The van der Waals surface area contributed by atoms with Gasteiger partial charge in [0.2, 0.25) is 20.0 Å². The van der Waals surface area contributed by atoms with Gasteiger partial charge in [-0.1, -0.05) is 66.0 Å². The van der Waals surface area contributed by atoms with E-state index in [2.05, 4.69) is 53.9 Å². The molecule has 1 amide bonds. The predicted octanol–water partition coefficient (Wildman–Crippen LogP) is 7.91. The number of hydrogen-bond donors (Lipinski definition) is 0. The normalized spacial score (nSPS) is 23.9. The van der Waals surface area contributed by atoms with Crippen molar-refractivity contribution in [1.82, 2.24) is 8.61 Å². The Hall–Kier alpha value is -2.37. The Bertz CT molecular complexity index is 2060. The van der Waals surface area contributed by atoms with E-state index >= 15 is 0 Å². The topological polar surface area (TPSA) is 110 Å². The summed E-state index contributed by atoms with van der Waals surface area (Å²) in [4.78, 5) is 14.7. The minimum Gasteiger partial charge on any atom is -0.457 e. The molecular formula is C36H37Br3N3O7S2+. The first-order valence-electron chi connectivity index (χ1n) is 16.8. The summed E-state index contributed by atoms with van der Waals surface area (Å²) in [5.41, 5.74) is 1.78. The van der Waals surface area contributed by atoms with E-state index in [4.69, 9.17) is 9.47 Å². The van der Waals surface area contributed by atoms with Gasteiger partial charge >= 0.3 is 6.09 Å². The van der Waals surface area contributed by atoms with E-state index in [1.54, 1.807) is 54.6 Å². The molecule has 270 valence electrons. The molecule has 0 bridgehead atoms. The number of hydrogen-bond acceptors (Lipinski definition) is 7. The molecule has 1 aliphatic carbocycles. The van der Waals surface area contributed by atoms with Crippen molar-refractivity contribution >= 4 is 73.9 Å². The number of halogens is 3. The van der Waals surface area contributed by atoms with Gasteiger partial charge in [-0.25, -0.2) is 16.8 Å². The van der Waals surface area contributed by atoms with Gasteiger partial charge < -0.3 is 9.47 Å². The molecule has 0 aromatic heterocycles. The van der Waals surface area contributed by atoms with E-state index in [1.165, 1.54) is 8.61 Å². The zero-order valence-corrected chi connectivity index (χ0v) is 33.9. The molecule has 0 N–H and O–H groups in total. The number of carbonyl (C=O) groups is 1. The molecule has 3 fully saturated rings. The van der Waals surface area contributed by atoms with Crippen LogP contribution in [0.15, 0.2) is 117 Å². The lowest BCUT2D eigenvalue weighted by atomic mass is 9.88. The third-order valence-corrected chi connectivity index (χ3v) is 15.7. The number of sulfonamides is 2. The maximum atomic E-state index is 14.3. The first-order chi connectivity index (χ1) is 24.3. The lowest BCUT2D eigenvalue weighted by Crippen LogP contribution is -2.69. The van der Waals surface area contributed by atoms with Gasteiger partial charge in [0.25, 0.3) is 0 Å². The number of nitrogens with zero attached hydrogens (tertiary/aromatic N) is 3. The number of rotatable bonds is 8. The highest BCUT2D eigenvalue weighted by atomic mass is 79.9. The van der Waals surface area contributed by atoms with Crippen LogP contribution in [-0.2, 0) is 24.8 Å². The number of ether oxygens (including phenoxy) is 2. The molecule has 1 atom stereocenters. The summed E-state index contributed by atoms with van der Waals surface area (Å²) < 4.78 is 70.0. The van der Waals surface area contributed by atoms with Crippen molar-refractivity contribution in [3.63, 3.8) is 0 Å². The van der Waals surface area contributed by atoms with E-state index in [1.807, 2.05) is 30.3 Å². The number of cyclic esters (lactones) is 1. The molecule has 51 heavy (non-hydrogen) atoms. The second-order valence-corrected chi connectivity index (χ2v) is 21.9. The number of alkyl halides is 2. The van der Waals surface area contributed by atoms with Crippen molar-refractivity contribution < 1.29 is 35.6 Å². The van der Waals surface area contributed by atoms with Crippen LogP contribution in [0.1, 0.15) is 32.1 Å². The number of amides is 1. The maximum Gasteiger partial charge on any atom is 0.522 e. The average molecular weight is 928 g/mol. The third-order valence-electron chi connectivity index (χ3n) is 10.2. The van der Waals surface area contributed by atoms with E-state index in [-0.39, 0.29) is 65.2 Å². The number of benzene rings is 3. The van der Waals surface area contributed by atoms with Crippen LogP contribution in [-0.4, -0.2) is 84.1 Å². The highest BCUT2D eigenvalue weighted by Crippen LogP contribution is 2.49. The summed E-state index contributed by atoms with van der Waals surface area (Å²) in [6.07, 6.45) is 6.13. The van der Waals surface area contributed by atoms with Crippen molar-refractivity contribution in [3.8, 4) is 11.5 Å². The summed E-state index contributed by atoms with van der Waals surface area (Å²) in [5.74, 6) is 1.16. The first kappa shape index (κ1) is 37.0. The fraction of sp³-hybridized carbons (Fsp3) is 0.361. The van der Waals surface area contributed by atoms with Gasteiger partial charge in [0.05, 0.1) is 9.79 Å². The van der Waals surface area contributed by atoms with E-state index in [0.29, 0.717) is 43.6 Å². The fourth-order valence-electron chi connectivity index (χ4n) is 7.78. The van der Waals surface area contributed by atoms with Crippen molar-refractivity contribution in [2.45, 2.75) is 57.2 Å². The van der Waals surface area contributed by atoms with Gasteiger partial charge in [-0.15, -0.1) is 0 Å². The Morgan fingerprint density at radius 1 is 0.725 bits per heavy atom. The zero-order valence-electron chi connectivity index (χ0n) is 27.5. The van der Waals surface area contributed by atoms with Gasteiger partial charge in [-0.3, -0.25) is 0 Å². The standard InChI is InChI=1S/C36H37Br3N3O7S2/c37-27-6-8-30(9-7-27)49-31-10-12-33(13-11-31)51(46,47)41-22-17-29(18-23-41)42(34-14-19-36(38,39)24-26(34)25-48-35(42)43)28-15-20-40(21-16-28)50(44,45)32-4-2-1-3-5-32/h1-14,24,28-29H,15-23,25H2/q+1. The van der Waals surface area contributed by atoms with Gasteiger partial charge in [0, 0.05) is 68.3 Å². The minimum atomic E-state index is -3.82. The molecule has 3 aliphatic heterocycles. The van der Waals surface area contributed by atoms with Crippen LogP contribution < -0.4 is 4.74 Å². The van der Waals surface area contributed by atoms with Crippen molar-refractivity contribution in [3.05, 3.63) is 107 Å². The molecule has 3 saturated heterocycles. The summed E-state index contributed by atoms with van der Waals surface area (Å²) in [6.45, 7) is 1.12. The van der Waals surface area contributed by atoms with Crippen LogP contribution >= 0.6 is 47.8 Å². The van der Waals surface area contributed by atoms with Crippen molar-refractivity contribution in [1.29, 1.82) is 0 Å². The van der Waals surface area contributed by atoms with Crippen LogP contribution in [0.25, 0.3) is 0 Å². The molecule has 0 saturated carbocycles. The van der Waals surface area contributed by atoms with Crippen LogP contribution in [0.2, 0.25) is 0 Å². The second kappa shape index (κ2) is 14.5. The first-order valence-corrected chi connectivity index (χ1v) is 22.0. The molecule has 1 unspecified atom stereocenters. The second-order valence-electron chi connectivity index (χ2n) is 13.2. The molecular weight excluding hydrogens is 890 g/mol. The number of fused-ring (bicyclic) bond motifs is 1. The molecule has 3 heterocycles. The molecule has 0 spiro atoms. The van der Waals surface area contributed by atoms with Crippen molar-refractivity contribution in [2.24, 2.45) is 0 Å². The quantitative estimate of drug-likeness (QED) is 0.167. The van der Waals surface area contributed by atoms with Gasteiger partial charge in [-0.05, 0) is 72.8 Å². The minimum absolute atomic E-state index is 0.0584. The van der Waals surface area contributed by atoms with Gasteiger partial charge in [0.15, 0.2) is 0 Å². The fourth-order valence-corrected chi connectivity index (χ4v) is 11.9. The number of carbonyl (C=O) groups excluding carboxylic acids is 1. The van der Waals surface area contributed by atoms with Crippen LogP contribution in [0.3, 0.4) is 0 Å². The average Bonchev–Trinajstić information content (AvgIpc) is 3.13. The molecule has 0 radical (unpaired) electrons. The highest BCUT2D eigenvalue weighted by Gasteiger charge is 2.60. The Morgan fingerprint density at radius 2 is 1.22 bits per heavy atom. The SMILES string of the molecule is O=C1OCC2=CC(Br)(Br)CC=C2[N+]1(C1CCN(S(=O)(=O)c2ccccc2)CC1)C1CCN(S(=O)(=O)c2ccc(Oc3ccc(Br)cc3)cc2)CC1. The van der Waals surface area contributed by atoms with Crippen molar-refractivity contribution in [2.75, 3.05) is 32.8 Å². The highest BCUT2D eigenvalue weighted by molar-refractivity contribution is 9.25. The summed E-state index contributed by atoms with van der Waals surface area (Å²) >= 11 is 10.8. The monoisotopic (exact) mass is 924 g/mol. The third kappa shape index (κ3) is 7.17. The molecule has 3 aromatic carbocycles. The van der Waals surface area contributed by atoms with Crippen LogP contribution in [0.4, 0.5) is 4.79 Å². The zero-order chi connectivity index (χ0) is 36.0. The molecule has 10 nitrogen and oxygen atoms in total. The largest absolute Gasteiger partial charge is 0.522 e. The van der Waals surface area contributed by atoms with Crippen LogP contribution in [0, 0.1) is 0 Å².